The van der Waals surface area contributed by atoms with Crippen LogP contribution in [0, 0.1) is 0 Å². The molecule has 0 heterocycles. The molecule has 0 bridgehead atoms. The number of benzene rings is 1. The summed E-state index contributed by atoms with van der Waals surface area (Å²) in [5.74, 6) is 0.840. The molecule has 0 fully saturated rings. The molecule has 0 unspecified atom stereocenters. The Hall–Kier alpha value is -1.15. The molecule has 0 aromatic heterocycles. The molecule has 0 spiro atoms. The van der Waals surface area contributed by atoms with E-state index in [1.807, 2.05) is 25.1 Å². The lowest BCUT2D eigenvalue weighted by Crippen LogP contribution is -1.85. The van der Waals surface area contributed by atoms with Gasteiger partial charge in [0.25, 0.3) is 0 Å². The van der Waals surface area contributed by atoms with Gasteiger partial charge in [-0.25, -0.2) is 0 Å². The quantitative estimate of drug-likeness (QED) is 0.545. The van der Waals surface area contributed by atoms with Crippen molar-refractivity contribution in [2.24, 2.45) is 0 Å². The minimum absolute atomic E-state index is 0.840. The topological polar surface area (TPSA) is 9.23 Å². The first-order valence-corrected chi connectivity index (χ1v) is 5.62. The van der Waals surface area contributed by atoms with Crippen molar-refractivity contribution in [3.05, 3.63) is 48.7 Å². The molecular formula is C12H14OS. The van der Waals surface area contributed by atoms with Crippen LogP contribution in [-0.4, -0.2) is 6.26 Å². The highest BCUT2D eigenvalue weighted by molar-refractivity contribution is 7.98. The van der Waals surface area contributed by atoms with Gasteiger partial charge in [0.05, 0.1) is 6.26 Å². The summed E-state index contributed by atoms with van der Waals surface area (Å²) in [7, 11) is 0. The summed E-state index contributed by atoms with van der Waals surface area (Å²) < 4.78 is 5.27. The zero-order valence-electron chi connectivity index (χ0n) is 8.49. The molecule has 1 rings (SSSR count). The molecule has 1 aromatic carbocycles. The average Bonchev–Trinajstić information content (AvgIpc) is 2.26. The van der Waals surface area contributed by atoms with Gasteiger partial charge >= 0.3 is 0 Å². The summed E-state index contributed by atoms with van der Waals surface area (Å²) in [6.07, 6.45) is 5.43. The van der Waals surface area contributed by atoms with E-state index < -0.39 is 0 Å². The van der Waals surface area contributed by atoms with Crippen molar-refractivity contribution in [2.45, 2.75) is 11.8 Å². The predicted molar refractivity (Wildman–Crippen MR) is 63.2 cm³/mol. The second-order valence-corrected chi connectivity index (χ2v) is 3.55. The van der Waals surface area contributed by atoms with Crippen LogP contribution in [0.25, 0.3) is 5.76 Å². The normalized spacial score (nSPS) is 11.1. The monoisotopic (exact) mass is 206 g/mol. The molecule has 0 saturated carbocycles. The molecule has 0 aliphatic rings. The second-order valence-electron chi connectivity index (χ2n) is 2.67. The van der Waals surface area contributed by atoms with Crippen molar-refractivity contribution in [2.75, 3.05) is 6.26 Å². The van der Waals surface area contributed by atoms with E-state index in [0.29, 0.717) is 0 Å². The summed E-state index contributed by atoms with van der Waals surface area (Å²) in [5.41, 5.74) is 1.07. The lowest BCUT2D eigenvalue weighted by Gasteiger charge is -2.06. The van der Waals surface area contributed by atoms with Crippen LogP contribution in [0.4, 0.5) is 0 Å². The van der Waals surface area contributed by atoms with Crippen LogP contribution < -0.4 is 0 Å². The Kier molecular flexibility index (Phi) is 4.33. The highest BCUT2D eigenvalue weighted by atomic mass is 32.2. The molecule has 0 saturated heterocycles. The first-order chi connectivity index (χ1) is 6.81. The number of rotatable bonds is 4. The maximum atomic E-state index is 5.27. The lowest BCUT2D eigenvalue weighted by molar-refractivity contribution is 0.438. The van der Waals surface area contributed by atoms with Crippen molar-refractivity contribution >= 4 is 17.5 Å². The molecule has 0 aliphatic heterocycles. The predicted octanol–water partition coefficient (Wildman–Crippen LogP) is 3.93. The van der Waals surface area contributed by atoms with Crippen LogP contribution in [0.1, 0.15) is 12.5 Å². The molecule has 1 aromatic rings. The number of allylic oxidation sites excluding steroid dienone is 1. The maximum Gasteiger partial charge on any atom is 0.129 e. The van der Waals surface area contributed by atoms with Crippen molar-refractivity contribution in [1.29, 1.82) is 0 Å². The largest absolute Gasteiger partial charge is 0.465 e. The zero-order valence-corrected chi connectivity index (χ0v) is 9.30. The SMILES string of the molecule is C=CO/C(=C\C)c1ccc(SC)cc1. The van der Waals surface area contributed by atoms with Gasteiger partial charge in [-0.1, -0.05) is 18.7 Å². The first kappa shape index (κ1) is 10.9. The molecule has 74 valence electrons. The third-order valence-corrected chi connectivity index (χ3v) is 2.59. The van der Waals surface area contributed by atoms with Crippen molar-refractivity contribution in [3.63, 3.8) is 0 Å². The van der Waals surface area contributed by atoms with Crippen molar-refractivity contribution < 1.29 is 4.74 Å². The molecule has 2 heteroatoms. The van der Waals surface area contributed by atoms with Crippen LogP contribution in [0.15, 0.2) is 48.1 Å². The third-order valence-electron chi connectivity index (χ3n) is 1.85. The van der Waals surface area contributed by atoms with Crippen molar-refractivity contribution in [1.82, 2.24) is 0 Å². The highest BCUT2D eigenvalue weighted by Crippen LogP contribution is 2.20. The Balaban J connectivity index is 2.89. The van der Waals surface area contributed by atoms with Gasteiger partial charge in [-0.2, -0.15) is 0 Å². The van der Waals surface area contributed by atoms with Crippen LogP contribution in [0.3, 0.4) is 0 Å². The molecule has 0 N–H and O–H groups in total. The van der Waals surface area contributed by atoms with E-state index in [1.165, 1.54) is 11.2 Å². The number of hydrogen-bond donors (Lipinski definition) is 0. The van der Waals surface area contributed by atoms with E-state index in [2.05, 4.69) is 25.0 Å². The number of thioether (sulfide) groups is 1. The Morgan fingerprint density at radius 2 is 2.00 bits per heavy atom. The van der Waals surface area contributed by atoms with Gasteiger partial charge in [0.1, 0.15) is 5.76 Å². The molecule has 14 heavy (non-hydrogen) atoms. The van der Waals surface area contributed by atoms with Crippen LogP contribution >= 0.6 is 11.8 Å². The van der Waals surface area contributed by atoms with E-state index in [-0.39, 0.29) is 0 Å². The van der Waals surface area contributed by atoms with Gasteiger partial charge in [0, 0.05) is 10.5 Å². The molecular weight excluding hydrogens is 192 g/mol. The molecule has 1 nitrogen and oxygen atoms in total. The average molecular weight is 206 g/mol. The zero-order chi connectivity index (χ0) is 10.4. The van der Waals surface area contributed by atoms with Gasteiger partial charge < -0.3 is 4.74 Å². The van der Waals surface area contributed by atoms with E-state index >= 15 is 0 Å². The van der Waals surface area contributed by atoms with E-state index in [1.54, 1.807) is 11.8 Å². The molecule has 0 amide bonds. The molecule has 0 radical (unpaired) electrons. The van der Waals surface area contributed by atoms with E-state index in [4.69, 9.17) is 4.74 Å². The lowest BCUT2D eigenvalue weighted by atomic mass is 10.2. The number of ether oxygens (including phenoxy) is 1. The Labute approximate surface area is 89.5 Å². The Morgan fingerprint density at radius 1 is 1.36 bits per heavy atom. The van der Waals surface area contributed by atoms with E-state index in [0.717, 1.165) is 11.3 Å². The van der Waals surface area contributed by atoms with Crippen LogP contribution in [-0.2, 0) is 4.74 Å². The molecule has 0 atom stereocenters. The summed E-state index contributed by atoms with van der Waals surface area (Å²) in [6.45, 7) is 5.49. The van der Waals surface area contributed by atoms with Gasteiger partial charge in [0.15, 0.2) is 0 Å². The van der Waals surface area contributed by atoms with Gasteiger partial charge in [-0.05, 0) is 31.4 Å². The summed E-state index contributed by atoms with van der Waals surface area (Å²) in [4.78, 5) is 1.25. The van der Waals surface area contributed by atoms with Gasteiger partial charge in [-0.3, -0.25) is 0 Å². The fraction of sp³-hybridized carbons (Fsp3) is 0.167. The Bertz CT molecular complexity index is 325. The van der Waals surface area contributed by atoms with Gasteiger partial charge in [0.2, 0.25) is 0 Å². The minimum Gasteiger partial charge on any atom is -0.465 e. The third kappa shape index (κ3) is 2.67. The fourth-order valence-corrected chi connectivity index (χ4v) is 1.56. The second kappa shape index (κ2) is 5.55. The van der Waals surface area contributed by atoms with E-state index in [9.17, 15) is 0 Å². The maximum absolute atomic E-state index is 5.27. The summed E-state index contributed by atoms with van der Waals surface area (Å²) in [5, 5.41) is 0. The fourth-order valence-electron chi connectivity index (χ4n) is 1.15. The highest BCUT2D eigenvalue weighted by Gasteiger charge is 1.99. The smallest absolute Gasteiger partial charge is 0.129 e. The summed E-state index contributed by atoms with van der Waals surface area (Å²) >= 11 is 1.73. The Morgan fingerprint density at radius 3 is 2.43 bits per heavy atom. The first-order valence-electron chi connectivity index (χ1n) is 4.40. The van der Waals surface area contributed by atoms with Crippen LogP contribution in [0.2, 0.25) is 0 Å². The van der Waals surface area contributed by atoms with Crippen LogP contribution in [0.5, 0.6) is 0 Å². The standard InChI is InChI=1S/C12H14OS/c1-4-12(13-5-2)10-6-8-11(14-3)9-7-10/h4-9H,2H2,1,3H3/b12-4-. The van der Waals surface area contributed by atoms with Crippen molar-refractivity contribution in [3.8, 4) is 0 Å². The molecule has 0 aliphatic carbocycles. The minimum atomic E-state index is 0.840. The number of hydrogen-bond acceptors (Lipinski definition) is 2. The van der Waals surface area contributed by atoms with Gasteiger partial charge in [-0.15, -0.1) is 11.8 Å². The summed E-state index contributed by atoms with van der Waals surface area (Å²) in [6, 6.07) is 8.25.